The predicted octanol–water partition coefficient (Wildman–Crippen LogP) is 7.62. The van der Waals surface area contributed by atoms with E-state index in [-0.39, 0.29) is 0 Å². The summed E-state index contributed by atoms with van der Waals surface area (Å²) in [7, 11) is -4.06. The quantitative estimate of drug-likeness (QED) is 0.283. The van der Waals surface area contributed by atoms with E-state index in [1.54, 1.807) is 30.3 Å². The van der Waals surface area contributed by atoms with Crippen LogP contribution in [-0.4, -0.2) is 0 Å². The Morgan fingerprint density at radius 2 is 1.03 bits per heavy atom. The molecule has 0 fully saturated rings. The van der Waals surface area contributed by atoms with Gasteiger partial charge in [-0.05, 0) is 49.7 Å². The molecule has 4 aromatic rings. The summed E-state index contributed by atoms with van der Waals surface area (Å²) < 4.78 is 31.4. The summed E-state index contributed by atoms with van der Waals surface area (Å²) in [6.45, 7) is 3.94. The summed E-state index contributed by atoms with van der Waals surface area (Å²) in [5.41, 5.74) is 3.87. The zero-order chi connectivity index (χ0) is 21.7. The van der Waals surface area contributed by atoms with Crippen LogP contribution in [0.5, 0.6) is 17.2 Å². The van der Waals surface area contributed by atoms with E-state index in [0.717, 1.165) is 22.3 Å². The summed E-state index contributed by atoms with van der Waals surface area (Å²) in [5, 5.41) is 0. The van der Waals surface area contributed by atoms with E-state index in [0.29, 0.717) is 17.2 Å². The van der Waals surface area contributed by atoms with Crippen molar-refractivity contribution in [3.05, 3.63) is 114 Å². The molecule has 0 radical (unpaired) electrons. The maximum Gasteiger partial charge on any atom is 0.647 e. The van der Waals surface area contributed by atoms with Crippen LogP contribution in [0.25, 0.3) is 11.1 Å². The lowest BCUT2D eigenvalue weighted by atomic mass is 10.1. The Kier molecular flexibility index (Phi) is 6.11. The number of aryl methyl sites for hydroxylation is 2. The van der Waals surface area contributed by atoms with Crippen LogP contribution in [0, 0.1) is 13.8 Å². The average molecular weight is 430 g/mol. The number of phosphoric ester groups is 1. The van der Waals surface area contributed by atoms with E-state index in [9.17, 15) is 4.57 Å². The van der Waals surface area contributed by atoms with Crippen molar-refractivity contribution >= 4 is 7.82 Å². The lowest BCUT2D eigenvalue weighted by molar-refractivity contribution is 0.299. The fourth-order valence-electron chi connectivity index (χ4n) is 3.04. The van der Waals surface area contributed by atoms with E-state index in [2.05, 4.69) is 0 Å². The summed E-state index contributed by atoms with van der Waals surface area (Å²) in [5.74, 6) is 1.22. The molecule has 0 N–H and O–H groups in total. The molecule has 31 heavy (non-hydrogen) atoms. The first-order valence-corrected chi connectivity index (χ1v) is 11.4. The monoisotopic (exact) mass is 430 g/mol. The SMILES string of the molecule is Cc1ccc(OP(=O)(Oc2ccc(C)cc2)Oc2ccccc2-c2ccccc2)cc1. The Labute approximate surface area is 182 Å². The molecule has 0 aromatic heterocycles. The van der Waals surface area contributed by atoms with Gasteiger partial charge in [-0.1, -0.05) is 83.9 Å². The van der Waals surface area contributed by atoms with Gasteiger partial charge >= 0.3 is 7.82 Å². The summed E-state index contributed by atoms with van der Waals surface area (Å²) in [6, 6.07) is 31.6. The number of hydrogen-bond acceptors (Lipinski definition) is 4. The smallest absolute Gasteiger partial charge is 0.386 e. The van der Waals surface area contributed by atoms with Gasteiger partial charge in [0.2, 0.25) is 0 Å². The third kappa shape index (κ3) is 5.36. The zero-order valence-electron chi connectivity index (χ0n) is 17.4. The second-order valence-corrected chi connectivity index (χ2v) is 8.65. The largest absolute Gasteiger partial charge is 0.647 e. The Bertz CT molecular complexity index is 1130. The number of rotatable bonds is 7. The topological polar surface area (TPSA) is 44.8 Å². The van der Waals surface area contributed by atoms with Gasteiger partial charge in [-0.15, -0.1) is 0 Å². The Morgan fingerprint density at radius 1 is 0.548 bits per heavy atom. The lowest BCUT2D eigenvalue weighted by Gasteiger charge is -2.21. The van der Waals surface area contributed by atoms with Crippen molar-refractivity contribution in [1.82, 2.24) is 0 Å². The first-order chi connectivity index (χ1) is 15.0. The predicted molar refractivity (Wildman–Crippen MR) is 124 cm³/mol. The van der Waals surface area contributed by atoms with Crippen LogP contribution in [0.4, 0.5) is 0 Å². The summed E-state index contributed by atoms with van der Waals surface area (Å²) >= 11 is 0. The van der Waals surface area contributed by atoms with Crippen LogP contribution >= 0.6 is 7.82 Å². The Balaban J connectivity index is 1.70. The van der Waals surface area contributed by atoms with Crippen LogP contribution in [0.3, 0.4) is 0 Å². The van der Waals surface area contributed by atoms with E-state index in [1.807, 2.05) is 86.6 Å². The highest BCUT2D eigenvalue weighted by Gasteiger charge is 2.34. The highest BCUT2D eigenvalue weighted by Crippen LogP contribution is 2.51. The van der Waals surface area contributed by atoms with Crippen LogP contribution in [-0.2, 0) is 4.57 Å². The third-order valence-corrected chi connectivity index (χ3v) is 5.95. The standard InChI is InChI=1S/C26H23O4P/c1-20-12-16-23(17-13-20)28-31(27,29-24-18-14-21(2)15-19-24)30-26-11-7-6-10-25(26)22-8-4-3-5-9-22/h3-19H,1-2H3. The molecule has 0 heterocycles. The maximum atomic E-state index is 13.8. The van der Waals surface area contributed by atoms with Crippen LogP contribution in [0.2, 0.25) is 0 Å². The van der Waals surface area contributed by atoms with Gasteiger partial charge in [0.15, 0.2) is 0 Å². The van der Waals surface area contributed by atoms with Crippen LogP contribution in [0.15, 0.2) is 103 Å². The Morgan fingerprint density at radius 3 is 1.58 bits per heavy atom. The molecule has 156 valence electrons. The van der Waals surface area contributed by atoms with Crippen molar-refractivity contribution in [2.45, 2.75) is 13.8 Å². The number of para-hydroxylation sites is 1. The molecule has 0 aliphatic rings. The number of hydrogen-bond donors (Lipinski definition) is 0. The molecule has 0 aliphatic carbocycles. The van der Waals surface area contributed by atoms with E-state index < -0.39 is 7.82 Å². The average Bonchev–Trinajstić information content (AvgIpc) is 2.78. The number of benzene rings is 4. The van der Waals surface area contributed by atoms with E-state index in [4.69, 9.17) is 13.6 Å². The van der Waals surface area contributed by atoms with Gasteiger partial charge in [0.05, 0.1) is 0 Å². The Hall–Kier alpha value is -3.49. The molecule has 4 nitrogen and oxygen atoms in total. The lowest BCUT2D eigenvalue weighted by Crippen LogP contribution is -2.08. The maximum absolute atomic E-state index is 13.8. The molecule has 0 saturated heterocycles. The van der Waals surface area contributed by atoms with Crippen LogP contribution in [0.1, 0.15) is 11.1 Å². The minimum atomic E-state index is -4.06. The van der Waals surface area contributed by atoms with Crippen molar-refractivity contribution in [3.8, 4) is 28.4 Å². The zero-order valence-corrected chi connectivity index (χ0v) is 18.3. The highest BCUT2D eigenvalue weighted by atomic mass is 31.2. The van der Waals surface area contributed by atoms with Crippen LogP contribution < -0.4 is 13.6 Å². The van der Waals surface area contributed by atoms with Gasteiger partial charge in [0.25, 0.3) is 0 Å². The second-order valence-electron chi connectivity index (χ2n) is 7.21. The first-order valence-electron chi connectivity index (χ1n) is 9.97. The van der Waals surface area contributed by atoms with Crippen molar-refractivity contribution in [2.24, 2.45) is 0 Å². The third-order valence-electron chi connectivity index (χ3n) is 4.66. The van der Waals surface area contributed by atoms with E-state index in [1.165, 1.54) is 0 Å². The molecule has 0 unspecified atom stereocenters. The molecule has 0 saturated carbocycles. The fraction of sp³-hybridized carbons (Fsp3) is 0.0769. The van der Waals surface area contributed by atoms with E-state index >= 15 is 0 Å². The molecule has 0 bridgehead atoms. The van der Waals surface area contributed by atoms with Gasteiger partial charge in [0.1, 0.15) is 17.2 Å². The molecule has 0 atom stereocenters. The highest BCUT2D eigenvalue weighted by molar-refractivity contribution is 7.49. The fourth-order valence-corrected chi connectivity index (χ4v) is 4.31. The molecule has 0 spiro atoms. The van der Waals surface area contributed by atoms with Gasteiger partial charge in [-0.25, -0.2) is 0 Å². The number of phosphoric acid groups is 1. The minimum Gasteiger partial charge on any atom is -0.386 e. The molecular formula is C26H23O4P. The summed E-state index contributed by atoms with van der Waals surface area (Å²) in [6.07, 6.45) is 0. The summed E-state index contributed by atoms with van der Waals surface area (Å²) in [4.78, 5) is 0. The molecule has 4 rings (SSSR count). The minimum absolute atomic E-state index is 0.401. The molecular weight excluding hydrogens is 407 g/mol. The van der Waals surface area contributed by atoms with Crippen molar-refractivity contribution in [3.63, 3.8) is 0 Å². The van der Waals surface area contributed by atoms with Gasteiger partial charge in [-0.2, -0.15) is 4.57 Å². The van der Waals surface area contributed by atoms with Gasteiger partial charge < -0.3 is 13.6 Å². The first kappa shape index (κ1) is 20.8. The molecule has 0 aliphatic heterocycles. The van der Waals surface area contributed by atoms with Crippen molar-refractivity contribution in [2.75, 3.05) is 0 Å². The molecule has 5 heteroatoms. The van der Waals surface area contributed by atoms with Crippen molar-refractivity contribution < 1.29 is 18.1 Å². The van der Waals surface area contributed by atoms with Gasteiger partial charge in [-0.3, -0.25) is 0 Å². The van der Waals surface area contributed by atoms with Crippen molar-refractivity contribution in [1.29, 1.82) is 0 Å². The molecule has 4 aromatic carbocycles. The normalized spacial score (nSPS) is 11.0. The molecule has 0 amide bonds. The van der Waals surface area contributed by atoms with Gasteiger partial charge in [0, 0.05) is 5.56 Å². The second kappa shape index (κ2) is 9.11.